The van der Waals surface area contributed by atoms with Gasteiger partial charge in [-0.2, -0.15) is 0 Å². The Morgan fingerprint density at radius 1 is 1.35 bits per heavy atom. The van der Waals surface area contributed by atoms with Gasteiger partial charge < -0.3 is 16.0 Å². The van der Waals surface area contributed by atoms with Gasteiger partial charge in [0.25, 0.3) is 0 Å². The average molecular weight is 320 g/mol. The van der Waals surface area contributed by atoms with Gasteiger partial charge >= 0.3 is 0 Å². The Morgan fingerprint density at radius 2 is 1.95 bits per heavy atom. The minimum absolute atomic E-state index is 0. The molecule has 1 aromatic carbocycles. The molecule has 0 bridgehead atoms. The fourth-order valence-corrected chi connectivity index (χ4v) is 1.72. The van der Waals surface area contributed by atoms with Crippen LogP contribution in [0, 0.1) is 0 Å². The summed E-state index contributed by atoms with van der Waals surface area (Å²) in [5.74, 6) is -0.0770. The largest absolute Gasteiger partial charge is 0.372 e. The van der Waals surface area contributed by atoms with E-state index in [4.69, 9.17) is 5.73 Å². The van der Waals surface area contributed by atoms with Crippen molar-refractivity contribution in [3.05, 3.63) is 24.3 Å². The minimum atomic E-state index is -0.625. The molecule has 3 N–H and O–H groups in total. The topological polar surface area (TPSA) is 58.4 Å². The van der Waals surface area contributed by atoms with Gasteiger partial charge in [0, 0.05) is 24.5 Å². The van der Waals surface area contributed by atoms with Crippen LogP contribution in [0.5, 0.6) is 0 Å². The summed E-state index contributed by atoms with van der Waals surface area (Å²) in [6, 6.07) is 8.26. The van der Waals surface area contributed by atoms with Crippen LogP contribution in [0.2, 0.25) is 0 Å². The first-order valence-electron chi connectivity index (χ1n) is 6.35. The van der Waals surface area contributed by atoms with E-state index < -0.39 is 5.54 Å². The van der Waals surface area contributed by atoms with Crippen LogP contribution >= 0.6 is 24.8 Å². The van der Waals surface area contributed by atoms with Gasteiger partial charge in [0.05, 0.1) is 5.54 Å². The number of hydrogen-bond acceptors (Lipinski definition) is 3. The van der Waals surface area contributed by atoms with E-state index in [2.05, 4.69) is 24.1 Å². The minimum Gasteiger partial charge on any atom is -0.372 e. The van der Waals surface area contributed by atoms with E-state index in [0.29, 0.717) is 6.04 Å². The molecule has 0 spiro atoms. The number of carbonyl (C=O) groups excluding carboxylic acids is 1. The number of anilines is 2. The van der Waals surface area contributed by atoms with E-state index in [9.17, 15) is 4.79 Å². The number of nitrogens with two attached hydrogens (primary N) is 1. The Bertz CT molecular complexity index is 461. The lowest BCUT2D eigenvalue weighted by molar-refractivity contribution is -0.118. The summed E-state index contributed by atoms with van der Waals surface area (Å²) >= 11 is 0. The predicted molar refractivity (Wildman–Crippen MR) is 89.3 cm³/mol. The fourth-order valence-electron chi connectivity index (χ4n) is 1.72. The standard InChI is InChI=1S/C14H21N3O.2ClH/c1-10(2)17(3)12-6-4-5-11(9-12)16-13(18)14(15)7-8-14;;/h4-6,9-10H,7-8,15H2,1-3H3,(H,16,18);2*1H. The molecule has 1 aliphatic carbocycles. The summed E-state index contributed by atoms with van der Waals surface area (Å²) in [6.45, 7) is 4.26. The van der Waals surface area contributed by atoms with Crippen molar-refractivity contribution in [1.82, 2.24) is 0 Å². The molecule has 0 radical (unpaired) electrons. The first-order chi connectivity index (χ1) is 8.42. The molecule has 1 aliphatic rings. The highest BCUT2D eigenvalue weighted by molar-refractivity contribution is 6.00. The molecule has 114 valence electrons. The maximum atomic E-state index is 11.9. The summed E-state index contributed by atoms with van der Waals surface area (Å²) < 4.78 is 0. The molecular formula is C14H23Cl2N3O. The van der Waals surface area contributed by atoms with E-state index >= 15 is 0 Å². The third-order valence-corrected chi connectivity index (χ3v) is 3.53. The third kappa shape index (κ3) is 4.27. The number of amides is 1. The van der Waals surface area contributed by atoms with E-state index in [-0.39, 0.29) is 30.7 Å². The molecule has 4 nitrogen and oxygen atoms in total. The highest BCUT2D eigenvalue weighted by atomic mass is 35.5. The summed E-state index contributed by atoms with van der Waals surface area (Å²) in [4.78, 5) is 14.0. The van der Waals surface area contributed by atoms with Crippen LogP contribution in [-0.2, 0) is 4.79 Å². The molecule has 1 amide bonds. The van der Waals surface area contributed by atoms with Gasteiger partial charge in [-0.25, -0.2) is 0 Å². The second-order valence-corrected chi connectivity index (χ2v) is 5.37. The van der Waals surface area contributed by atoms with Crippen LogP contribution in [-0.4, -0.2) is 24.5 Å². The zero-order valence-corrected chi connectivity index (χ0v) is 13.7. The molecule has 0 atom stereocenters. The monoisotopic (exact) mass is 319 g/mol. The molecule has 20 heavy (non-hydrogen) atoms. The van der Waals surface area contributed by atoms with Crippen molar-refractivity contribution in [1.29, 1.82) is 0 Å². The maximum absolute atomic E-state index is 11.9. The lowest BCUT2D eigenvalue weighted by Gasteiger charge is -2.24. The Balaban J connectivity index is 0.00000180. The molecule has 0 aliphatic heterocycles. The zero-order valence-electron chi connectivity index (χ0n) is 12.1. The Morgan fingerprint density at radius 3 is 2.45 bits per heavy atom. The molecule has 0 heterocycles. The molecule has 0 saturated heterocycles. The number of carbonyl (C=O) groups is 1. The van der Waals surface area contributed by atoms with Gasteiger partial charge in [0.2, 0.25) is 5.91 Å². The molecule has 2 rings (SSSR count). The van der Waals surface area contributed by atoms with Crippen LogP contribution in [0.4, 0.5) is 11.4 Å². The Labute approximate surface area is 132 Å². The van der Waals surface area contributed by atoms with E-state index in [1.54, 1.807) is 0 Å². The summed E-state index contributed by atoms with van der Waals surface area (Å²) in [7, 11) is 2.04. The summed E-state index contributed by atoms with van der Waals surface area (Å²) in [5.41, 5.74) is 7.13. The highest BCUT2D eigenvalue weighted by Gasteiger charge is 2.45. The van der Waals surface area contributed by atoms with Gasteiger partial charge in [-0.1, -0.05) is 6.07 Å². The van der Waals surface area contributed by atoms with Crippen molar-refractivity contribution in [3.63, 3.8) is 0 Å². The highest BCUT2D eigenvalue weighted by Crippen LogP contribution is 2.33. The number of halogens is 2. The van der Waals surface area contributed by atoms with Gasteiger partial charge in [-0.05, 0) is 44.9 Å². The van der Waals surface area contributed by atoms with Gasteiger partial charge in [0.15, 0.2) is 0 Å². The van der Waals surface area contributed by atoms with Crippen molar-refractivity contribution < 1.29 is 4.79 Å². The number of benzene rings is 1. The van der Waals surface area contributed by atoms with Gasteiger partial charge in [0.1, 0.15) is 0 Å². The van der Waals surface area contributed by atoms with Crippen LogP contribution in [0.3, 0.4) is 0 Å². The molecule has 6 heteroatoms. The summed E-state index contributed by atoms with van der Waals surface area (Å²) in [5, 5.41) is 2.89. The van der Waals surface area contributed by atoms with E-state index in [0.717, 1.165) is 24.2 Å². The first kappa shape index (κ1) is 19.0. The van der Waals surface area contributed by atoms with Crippen LogP contribution in [0.1, 0.15) is 26.7 Å². The third-order valence-electron chi connectivity index (χ3n) is 3.53. The van der Waals surface area contributed by atoms with Crippen molar-refractivity contribution in [2.45, 2.75) is 38.3 Å². The van der Waals surface area contributed by atoms with Crippen LogP contribution in [0.25, 0.3) is 0 Å². The lowest BCUT2D eigenvalue weighted by Crippen LogP contribution is -2.37. The van der Waals surface area contributed by atoms with Crippen molar-refractivity contribution in [2.75, 3.05) is 17.3 Å². The lowest BCUT2D eigenvalue weighted by atomic mass is 10.2. The molecular weight excluding hydrogens is 297 g/mol. The second-order valence-electron chi connectivity index (χ2n) is 5.37. The van der Waals surface area contributed by atoms with E-state index in [1.807, 2.05) is 31.3 Å². The van der Waals surface area contributed by atoms with Gasteiger partial charge in [-0.3, -0.25) is 4.79 Å². The molecule has 0 unspecified atom stereocenters. The van der Waals surface area contributed by atoms with Gasteiger partial charge in [-0.15, -0.1) is 24.8 Å². The quantitative estimate of drug-likeness (QED) is 0.897. The average Bonchev–Trinajstić information content (AvgIpc) is 3.08. The maximum Gasteiger partial charge on any atom is 0.244 e. The fraction of sp³-hybridized carbons (Fsp3) is 0.500. The van der Waals surface area contributed by atoms with Crippen molar-refractivity contribution >= 4 is 42.1 Å². The Kier molecular flexibility index (Phi) is 6.81. The molecule has 1 aromatic rings. The van der Waals surface area contributed by atoms with Crippen molar-refractivity contribution in [2.24, 2.45) is 5.73 Å². The zero-order chi connectivity index (χ0) is 13.3. The smallest absolute Gasteiger partial charge is 0.244 e. The number of nitrogens with zero attached hydrogens (tertiary/aromatic N) is 1. The first-order valence-corrected chi connectivity index (χ1v) is 6.35. The molecule has 1 fully saturated rings. The van der Waals surface area contributed by atoms with E-state index in [1.165, 1.54) is 0 Å². The van der Waals surface area contributed by atoms with Crippen molar-refractivity contribution in [3.8, 4) is 0 Å². The summed E-state index contributed by atoms with van der Waals surface area (Å²) in [6.07, 6.45) is 1.56. The number of rotatable bonds is 4. The predicted octanol–water partition coefficient (Wildman–Crippen LogP) is 2.80. The SMILES string of the molecule is CC(C)N(C)c1cccc(NC(=O)C2(N)CC2)c1.Cl.Cl. The van der Waals surface area contributed by atoms with Crippen LogP contribution in [0.15, 0.2) is 24.3 Å². The second kappa shape index (κ2) is 7.16. The molecule has 0 aromatic heterocycles. The number of nitrogens with one attached hydrogen (secondary N) is 1. The number of hydrogen-bond donors (Lipinski definition) is 2. The molecule has 1 saturated carbocycles. The normalized spacial score (nSPS) is 14.8. The Hall–Kier alpha value is -0.970. The van der Waals surface area contributed by atoms with Crippen LogP contribution < -0.4 is 16.0 Å².